The number of epoxide rings is 1. The van der Waals surface area contributed by atoms with Gasteiger partial charge in [0.25, 0.3) is 5.91 Å². The van der Waals surface area contributed by atoms with Crippen molar-refractivity contribution in [2.75, 3.05) is 6.54 Å². The fraction of sp³-hybridized carbons (Fsp3) is 0.800. The van der Waals surface area contributed by atoms with Gasteiger partial charge < -0.3 is 10.1 Å². The van der Waals surface area contributed by atoms with Crippen LogP contribution in [0.25, 0.3) is 0 Å². The average molecular weight is 241 g/mol. The monoisotopic (exact) mass is 241 g/mol. The molecule has 2 atom stereocenters. The first-order valence-corrected chi connectivity index (χ1v) is 4.07. The summed E-state index contributed by atoms with van der Waals surface area (Å²) < 4.78 is 5.01. The molecular weight excluding hydrogens is 233 g/mol. The molecule has 1 N–H and O–H groups in total. The molecule has 1 aliphatic heterocycles. The topological polar surface area (TPSA) is 41.6 Å². The quantitative estimate of drug-likeness (QED) is 0.428. The van der Waals surface area contributed by atoms with Gasteiger partial charge in [0.15, 0.2) is 6.10 Å². The van der Waals surface area contributed by atoms with E-state index in [1.54, 1.807) is 0 Å². The number of nitrogens with one attached hydrogen (secondary N) is 1. The molecule has 52 valence electrons. The lowest BCUT2D eigenvalue weighted by Crippen LogP contribution is -2.27. The molecule has 1 saturated heterocycles. The molecule has 0 unspecified atom stereocenters. The zero-order chi connectivity index (χ0) is 6.85. The second-order valence-corrected chi connectivity index (χ2v) is 3.03. The maximum absolute atomic E-state index is 10.8. The first kappa shape index (κ1) is 7.27. The van der Waals surface area contributed by atoms with E-state index in [2.05, 4.69) is 27.9 Å². The standard InChI is InChI=1S/C5H8INO2/c1-2-7-5(8)3-4(6)9-3/h3-4H,2H2,1H3,(H,7,8)/t3-,4-/m0/s1. The molecule has 0 aromatic carbocycles. The van der Waals surface area contributed by atoms with Crippen LogP contribution in [0.15, 0.2) is 0 Å². The molecule has 1 heterocycles. The van der Waals surface area contributed by atoms with Crippen molar-refractivity contribution in [2.45, 2.75) is 17.1 Å². The van der Waals surface area contributed by atoms with Crippen molar-refractivity contribution >= 4 is 28.5 Å². The minimum absolute atomic E-state index is 0.0110. The van der Waals surface area contributed by atoms with Gasteiger partial charge in [0, 0.05) is 6.54 Å². The van der Waals surface area contributed by atoms with Crippen molar-refractivity contribution in [3.63, 3.8) is 0 Å². The van der Waals surface area contributed by atoms with Crippen molar-refractivity contribution in [1.82, 2.24) is 5.32 Å². The van der Waals surface area contributed by atoms with Gasteiger partial charge in [0.2, 0.25) is 0 Å². The van der Waals surface area contributed by atoms with Gasteiger partial charge in [0.1, 0.15) is 4.11 Å². The van der Waals surface area contributed by atoms with Crippen molar-refractivity contribution in [3.8, 4) is 0 Å². The van der Waals surface area contributed by atoms with Crippen LogP contribution in [0.4, 0.5) is 0 Å². The Hall–Kier alpha value is 0.160. The van der Waals surface area contributed by atoms with Gasteiger partial charge in [-0.15, -0.1) is 0 Å². The van der Waals surface area contributed by atoms with E-state index in [0.717, 1.165) is 0 Å². The summed E-state index contributed by atoms with van der Waals surface area (Å²) >= 11 is 2.09. The molecule has 0 saturated carbocycles. The highest BCUT2D eigenvalue weighted by Crippen LogP contribution is 2.27. The lowest BCUT2D eigenvalue weighted by Gasteiger charge is -1.94. The number of carbonyl (C=O) groups excluding carboxylic acids is 1. The minimum atomic E-state index is -0.175. The number of rotatable bonds is 2. The predicted molar refractivity (Wildman–Crippen MR) is 41.4 cm³/mol. The highest BCUT2D eigenvalue weighted by atomic mass is 127. The van der Waals surface area contributed by atoms with E-state index in [1.807, 2.05) is 6.92 Å². The number of hydrogen-bond acceptors (Lipinski definition) is 2. The van der Waals surface area contributed by atoms with Gasteiger partial charge in [-0.2, -0.15) is 0 Å². The van der Waals surface area contributed by atoms with Crippen molar-refractivity contribution in [2.24, 2.45) is 0 Å². The molecule has 3 nitrogen and oxygen atoms in total. The SMILES string of the molecule is CCNC(=O)[C@H]1O[C@@H]1I. The van der Waals surface area contributed by atoms with Crippen LogP contribution in [0, 0.1) is 0 Å². The molecule has 1 fully saturated rings. The van der Waals surface area contributed by atoms with Crippen LogP contribution in [0.5, 0.6) is 0 Å². The summed E-state index contributed by atoms with van der Waals surface area (Å²) in [6, 6.07) is 0. The van der Waals surface area contributed by atoms with E-state index in [1.165, 1.54) is 0 Å². The number of halogens is 1. The van der Waals surface area contributed by atoms with E-state index in [4.69, 9.17) is 4.74 Å². The number of likely N-dealkylation sites (N-methyl/N-ethyl adjacent to an activating group) is 1. The maximum Gasteiger partial charge on any atom is 0.252 e. The van der Waals surface area contributed by atoms with Gasteiger partial charge >= 0.3 is 0 Å². The Labute approximate surface area is 67.3 Å². The molecule has 0 aromatic rings. The summed E-state index contributed by atoms with van der Waals surface area (Å²) in [6.07, 6.45) is -0.175. The highest BCUT2D eigenvalue weighted by molar-refractivity contribution is 14.1. The van der Waals surface area contributed by atoms with Crippen LogP contribution in [0.2, 0.25) is 0 Å². The van der Waals surface area contributed by atoms with Crippen LogP contribution >= 0.6 is 22.6 Å². The first-order valence-electron chi connectivity index (χ1n) is 2.83. The zero-order valence-electron chi connectivity index (χ0n) is 5.06. The second-order valence-electron chi connectivity index (χ2n) is 1.80. The molecule has 1 aliphatic rings. The molecule has 0 aliphatic carbocycles. The van der Waals surface area contributed by atoms with Crippen molar-refractivity contribution < 1.29 is 9.53 Å². The minimum Gasteiger partial charge on any atom is -0.354 e. The third-order valence-corrected chi connectivity index (χ3v) is 1.99. The van der Waals surface area contributed by atoms with Gasteiger partial charge in [-0.05, 0) is 29.5 Å². The van der Waals surface area contributed by atoms with Crippen molar-refractivity contribution in [3.05, 3.63) is 0 Å². The summed E-state index contributed by atoms with van der Waals surface area (Å²) in [4.78, 5) is 10.8. The number of ether oxygens (including phenoxy) is 1. The fourth-order valence-electron chi connectivity index (χ4n) is 0.550. The molecule has 0 aromatic heterocycles. The van der Waals surface area contributed by atoms with Crippen molar-refractivity contribution in [1.29, 1.82) is 0 Å². The summed E-state index contributed by atoms with van der Waals surface area (Å²) in [7, 11) is 0. The lowest BCUT2D eigenvalue weighted by molar-refractivity contribution is -0.122. The normalized spacial score (nSPS) is 31.8. The Bertz CT molecular complexity index is 128. The Morgan fingerprint density at radius 2 is 2.44 bits per heavy atom. The maximum atomic E-state index is 10.8. The number of carbonyl (C=O) groups is 1. The Morgan fingerprint density at radius 1 is 1.89 bits per heavy atom. The van der Waals surface area contributed by atoms with E-state index in [-0.39, 0.29) is 16.1 Å². The zero-order valence-corrected chi connectivity index (χ0v) is 7.21. The largest absolute Gasteiger partial charge is 0.354 e. The predicted octanol–water partition coefficient (Wildman–Crippen LogP) is 0.282. The van der Waals surface area contributed by atoms with E-state index >= 15 is 0 Å². The van der Waals surface area contributed by atoms with Gasteiger partial charge in [-0.25, -0.2) is 0 Å². The Kier molecular flexibility index (Phi) is 2.29. The Balaban J connectivity index is 2.20. The molecule has 1 rings (SSSR count). The molecule has 0 radical (unpaired) electrons. The summed E-state index contributed by atoms with van der Waals surface area (Å²) in [5, 5.41) is 2.67. The third kappa shape index (κ3) is 1.79. The van der Waals surface area contributed by atoms with Crippen LogP contribution in [0.1, 0.15) is 6.92 Å². The van der Waals surface area contributed by atoms with Gasteiger partial charge in [0.05, 0.1) is 0 Å². The Morgan fingerprint density at radius 3 is 2.78 bits per heavy atom. The smallest absolute Gasteiger partial charge is 0.252 e. The van der Waals surface area contributed by atoms with Gasteiger partial charge in [-0.3, -0.25) is 4.79 Å². The van der Waals surface area contributed by atoms with E-state index in [9.17, 15) is 4.79 Å². The van der Waals surface area contributed by atoms with Crippen LogP contribution in [-0.4, -0.2) is 22.7 Å². The van der Waals surface area contributed by atoms with Crippen LogP contribution < -0.4 is 5.32 Å². The van der Waals surface area contributed by atoms with E-state index < -0.39 is 0 Å². The summed E-state index contributed by atoms with van der Waals surface area (Å²) in [5.74, 6) is 0.0110. The number of amides is 1. The van der Waals surface area contributed by atoms with Crippen LogP contribution in [0.3, 0.4) is 0 Å². The second kappa shape index (κ2) is 2.83. The van der Waals surface area contributed by atoms with Crippen LogP contribution in [-0.2, 0) is 9.53 Å². The van der Waals surface area contributed by atoms with Gasteiger partial charge in [-0.1, -0.05) is 0 Å². The molecular formula is C5H8INO2. The summed E-state index contributed by atoms with van der Waals surface area (Å²) in [6.45, 7) is 2.57. The lowest BCUT2D eigenvalue weighted by atomic mass is 10.4. The molecule has 1 amide bonds. The summed E-state index contributed by atoms with van der Waals surface area (Å²) in [5.41, 5.74) is 0. The highest BCUT2D eigenvalue weighted by Gasteiger charge is 2.42. The average Bonchev–Trinajstić information content (AvgIpc) is 2.47. The third-order valence-electron chi connectivity index (χ3n) is 1.05. The first-order chi connectivity index (χ1) is 4.25. The molecule has 0 spiro atoms. The number of alkyl halides is 1. The molecule has 9 heavy (non-hydrogen) atoms. The molecule has 4 heteroatoms. The number of hydrogen-bond donors (Lipinski definition) is 1. The molecule has 0 bridgehead atoms. The van der Waals surface area contributed by atoms with E-state index in [0.29, 0.717) is 6.54 Å². The fourth-order valence-corrected chi connectivity index (χ4v) is 1.19.